The van der Waals surface area contributed by atoms with Crippen LogP contribution in [0.2, 0.25) is 5.02 Å². The first-order valence-electron chi connectivity index (χ1n) is 7.34. The number of nitrogens with zero attached hydrogens (tertiary/aromatic N) is 2. The molecule has 2 aromatic carbocycles. The summed E-state index contributed by atoms with van der Waals surface area (Å²) in [6, 6.07) is 13.6. The van der Waals surface area contributed by atoms with Gasteiger partial charge in [0.15, 0.2) is 0 Å². The highest BCUT2D eigenvalue weighted by molar-refractivity contribution is 8.00. The topological polar surface area (TPSA) is 64.3 Å². The summed E-state index contributed by atoms with van der Waals surface area (Å²) in [4.78, 5) is 10.8. The maximum atomic E-state index is 12.7. The van der Waals surface area contributed by atoms with Crippen LogP contribution in [-0.4, -0.2) is 26.6 Å². The van der Waals surface area contributed by atoms with Crippen LogP contribution in [0.15, 0.2) is 59.5 Å². The van der Waals surface area contributed by atoms with Crippen molar-refractivity contribution in [2.75, 3.05) is 0 Å². The van der Waals surface area contributed by atoms with E-state index in [1.54, 1.807) is 30.3 Å². The summed E-state index contributed by atoms with van der Waals surface area (Å²) in [7, 11) is 0. The number of benzene rings is 2. The average Bonchev–Trinajstić information content (AvgIpc) is 2.96. The molecule has 3 aromatic rings. The molecule has 0 atom stereocenters. The van der Waals surface area contributed by atoms with E-state index in [1.165, 1.54) is 28.9 Å². The van der Waals surface area contributed by atoms with E-state index < -0.39 is 11.7 Å². The molecule has 0 radical (unpaired) electrons. The SMILES string of the molecule is O=C(O)Oc1cc(-c2cccc(SC(F)(F)F)c2)n(-c2cccc(Cl)c2)n1. The highest BCUT2D eigenvalue weighted by Gasteiger charge is 2.29. The van der Waals surface area contributed by atoms with Crippen LogP contribution in [0.5, 0.6) is 5.88 Å². The number of hydrogen-bond acceptors (Lipinski definition) is 4. The van der Waals surface area contributed by atoms with E-state index in [0.29, 0.717) is 22.0 Å². The van der Waals surface area contributed by atoms with E-state index in [2.05, 4.69) is 9.84 Å². The highest BCUT2D eigenvalue weighted by atomic mass is 35.5. The highest BCUT2D eigenvalue weighted by Crippen LogP contribution is 2.38. The molecule has 0 fully saturated rings. The molecule has 0 amide bonds. The number of rotatable bonds is 4. The standard InChI is InChI=1S/C17H10ClF3N2O3S/c18-11-4-2-5-12(8-11)23-14(9-15(22-23)26-16(24)25)10-3-1-6-13(7-10)27-17(19,20)21/h1-9H,(H,24,25). The first kappa shape index (κ1) is 19.1. The first-order chi connectivity index (χ1) is 12.7. The van der Waals surface area contributed by atoms with Crippen molar-refractivity contribution in [3.63, 3.8) is 0 Å². The van der Waals surface area contributed by atoms with Crippen LogP contribution < -0.4 is 4.74 Å². The van der Waals surface area contributed by atoms with E-state index in [-0.39, 0.29) is 22.5 Å². The lowest BCUT2D eigenvalue weighted by Gasteiger charge is -2.10. The molecule has 0 saturated carbocycles. The lowest BCUT2D eigenvalue weighted by atomic mass is 10.1. The summed E-state index contributed by atoms with van der Waals surface area (Å²) < 4.78 is 43.9. The van der Waals surface area contributed by atoms with Gasteiger partial charge in [-0.05, 0) is 42.1 Å². The van der Waals surface area contributed by atoms with Gasteiger partial charge >= 0.3 is 11.7 Å². The Morgan fingerprint density at radius 1 is 1.15 bits per heavy atom. The van der Waals surface area contributed by atoms with Crippen LogP contribution in [0.1, 0.15) is 0 Å². The maximum Gasteiger partial charge on any atom is 0.512 e. The van der Waals surface area contributed by atoms with E-state index in [4.69, 9.17) is 16.7 Å². The van der Waals surface area contributed by atoms with Crippen molar-refractivity contribution in [2.45, 2.75) is 10.4 Å². The summed E-state index contributed by atoms with van der Waals surface area (Å²) >= 11 is 5.74. The van der Waals surface area contributed by atoms with Gasteiger partial charge in [0.1, 0.15) is 0 Å². The number of halogens is 4. The van der Waals surface area contributed by atoms with E-state index in [9.17, 15) is 18.0 Å². The Hall–Kier alpha value is -2.65. The van der Waals surface area contributed by atoms with Crippen molar-refractivity contribution in [2.24, 2.45) is 0 Å². The van der Waals surface area contributed by atoms with E-state index >= 15 is 0 Å². The van der Waals surface area contributed by atoms with Gasteiger partial charge < -0.3 is 9.84 Å². The van der Waals surface area contributed by atoms with Crippen LogP contribution in [0, 0.1) is 0 Å². The Labute approximate surface area is 160 Å². The van der Waals surface area contributed by atoms with E-state index in [1.807, 2.05) is 0 Å². The minimum Gasteiger partial charge on any atom is -0.449 e. The number of carboxylic acid groups (broad SMARTS) is 1. The molecule has 3 rings (SSSR count). The van der Waals surface area contributed by atoms with Crippen LogP contribution >= 0.6 is 23.4 Å². The zero-order chi connectivity index (χ0) is 19.6. The zero-order valence-electron chi connectivity index (χ0n) is 13.3. The lowest BCUT2D eigenvalue weighted by Crippen LogP contribution is -2.04. The number of thioether (sulfide) groups is 1. The quantitative estimate of drug-likeness (QED) is 0.428. The van der Waals surface area contributed by atoms with Crippen molar-refractivity contribution in [1.82, 2.24) is 9.78 Å². The van der Waals surface area contributed by atoms with Crippen molar-refractivity contribution < 1.29 is 27.8 Å². The van der Waals surface area contributed by atoms with Crippen LogP contribution in [0.3, 0.4) is 0 Å². The first-order valence-corrected chi connectivity index (χ1v) is 8.54. The second-order valence-electron chi connectivity index (χ2n) is 5.20. The third-order valence-corrected chi connectivity index (χ3v) is 4.25. The molecular formula is C17H10ClF3N2O3S. The molecule has 1 N–H and O–H groups in total. The van der Waals surface area contributed by atoms with Gasteiger partial charge in [0.05, 0.1) is 11.4 Å². The predicted molar refractivity (Wildman–Crippen MR) is 94.6 cm³/mol. The fourth-order valence-corrected chi connectivity index (χ4v) is 3.15. The van der Waals surface area contributed by atoms with Crippen molar-refractivity contribution in [1.29, 1.82) is 0 Å². The van der Waals surface area contributed by atoms with Crippen LogP contribution in [0.4, 0.5) is 18.0 Å². The molecule has 1 heterocycles. The number of ether oxygens (including phenoxy) is 1. The molecule has 0 aliphatic heterocycles. The Morgan fingerprint density at radius 2 is 1.89 bits per heavy atom. The molecule has 0 aliphatic rings. The van der Waals surface area contributed by atoms with Gasteiger partial charge in [-0.1, -0.05) is 29.8 Å². The molecule has 0 unspecified atom stereocenters. The molecule has 1 aromatic heterocycles. The summed E-state index contributed by atoms with van der Waals surface area (Å²) in [6.45, 7) is 0. The Morgan fingerprint density at radius 3 is 2.56 bits per heavy atom. The van der Waals surface area contributed by atoms with Crippen molar-refractivity contribution in [3.8, 4) is 22.8 Å². The normalized spacial score (nSPS) is 11.4. The molecule has 0 aliphatic carbocycles. The fourth-order valence-electron chi connectivity index (χ4n) is 2.36. The summed E-state index contributed by atoms with van der Waals surface area (Å²) in [5, 5.41) is 13.3. The number of aromatic nitrogens is 2. The monoisotopic (exact) mass is 414 g/mol. The number of alkyl halides is 3. The van der Waals surface area contributed by atoms with E-state index in [0.717, 1.165) is 0 Å². The molecule has 0 saturated heterocycles. The summed E-state index contributed by atoms with van der Waals surface area (Å²) in [6.07, 6.45) is -1.56. The molecule has 140 valence electrons. The second-order valence-corrected chi connectivity index (χ2v) is 6.78. The second kappa shape index (κ2) is 7.53. The summed E-state index contributed by atoms with van der Waals surface area (Å²) in [5.74, 6) is -0.216. The van der Waals surface area contributed by atoms with Gasteiger partial charge in [0.25, 0.3) is 0 Å². The van der Waals surface area contributed by atoms with Crippen LogP contribution in [0.25, 0.3) is 16.9 Å². The maximum absolute atomic E-state index is 12.7. The average molecular weight is 415 g/mol. The molecular weight excluding hydrogens is 405 g/mol. The summed E-state index contributed by atoms with van der Waals surface area (Å²) in [5.41, 5.74) is -3.19. The minimum absolute atomic E-state index is 0.0143. The van der Waals surface area contributed by atoms with Crippen LogP contribution in [-0.2, 0) is 0 Å². The number of carbonyl (C=O) groups is 1. The molecule has 0 spiro atoms. The molecule has 5 nitrogen and oxygen atoms in total. The van der Waals surface area contributed by atoms with Gasteiger partial charge in [-0.3, -0.25) is 0 Å². The fraction of sp³-hybridized carbons (Fsp3) is 0.0588. The molecule has 10 heteroatoms. The third kappa shape index (κ3) is 4.95. The Balaban J connectivity index is 2.10. The zero-order valence-corrected chi connectivity index (χ0v) is 14.8. The van der Waals surface area contributed by atoms with Gasteiger partial charge in [-0.25, -0.2) is 9.48 Å². The van der Waals surface area contributed by atoms with Gasteiger partial charge in [-0.15, -0.1) is 5.10 Å². The Kier molecular flexibility index (Phi) is 5.33. The minimum atomic E-state index is -4.43. The van der Waals surface area contributed by atoms with Crippen molar-refractivity contribution >= 4 is 29.5 Å². The van der Waals surface area contributed by atoms with Gasteiger partial charge in [0.2, 0.25) is 5.88 Å². The molecule has 27 heavy (non-hydrogen) atoms. The molecule has 0 bridgehead atoms. The third-order valence-electron chi connectivity index (χ3n) is 3.29. The predicted octanol–water partition coefficient (Wildman–Crippen LogP) is 5.86. The smallest absolute Gasteiger partial charge is 0.449 e. The van der Waals surface area contributed by atoms with Crippen molar-refractivity contribution in [3.05, 3.63) is 59.6 Å². The lowest BCUT2D eigenvalue weighted by molar-refractivity contribution is -0.0328. The largest absolute Gasteiger partial charge is 0.512 e. The Bertz CT molecular complexity index is 992. The number of hydrogen-bond donors (Lipinski definition) is 1. The van der Waals surface area contributed by atoms with Gasteiger partial charge in [0, 0.05) is 21.5 Å². The van der Waals surface area contributed by atoms with Gasteiger partial charge in [-0.2, -0.15) is 13.2 Å².